The van der Waals surface area contributed by atoms with Gasteiger partial charge in [-0.05, 0) is 45.6 Å². The predicted octanol–water partition coefficient (Wildman–Crippen LogP) is 1.13. The average Bonchev–Trinajstić information content (AvgIpc) is 2.81. The lowest BCUT2D eigenvalue weighted by molar-refractivity contribution is -0.122. The molecule has 1 aromatic heterocycles. The topological polar surface area (TPSA) is 64.3 Å². The van der Waals surface area contributed by atoms with Crippen LogP contribution in [0.2, 0.25) is 0 Å². The Morgan fingerprint density at radius 3 is 3.04 bits per heavy atom. The third kappa shape index (κ3) is 4.09. The average molecular weight is 315 g/mol. The lowest BCUT2D eigenvalue weighted by atomic mass is 10.1. The van der Waals surface area contributed by atoms with Gasteiger partial charge in [0.2, 0.25) is 5.91 Å². The number of aryl methyl sites for hydroxylation is 1. The van der Waals surface area contributed by atoms with Crippen LogP contribution < -0.4 is 5.32 Å². The Labute approximate surface area is 136 Å². The maximum atomic E-state index is 12.2. The summed E-state index contributed by atoms with van der Waals surface area (Å²) in [6.07, 6.45) is 1.12. The number of H-pyrrole nitrogens is 1. The fourth-order valence-electron chi connectivity index (χ4n) is 3.02. The largest absolute Gasteiger partial charge is 0.349 e. The number of fused-ring (bicyclic) bond motifs is 1. The summed E-state index contributed by atoms with van der Waals surface area (Å²) in [7, 11) is 2.13. The Kier molecular flexibility index (Phi) is 4.93. The van der Waals surface area contributed by atoms with E-state index in [1.54, 1.807) is 0 Å². The van der Waals surface area contributed by atoms with Gasteiger partial charge < -0.3 is 10.2 Å². The van der Waals surface area contributed by atoms with E-state index in [0.29, 0.717) is 13.1 Å². The highest BCUT2D eigenvalue weighted by atomic mass is 16.2. The summed E-state index contributed by atoms with van der Waals surface area (Å²) in [4.78, 5) is 16.7. The summed E-state index contributed by atoms with van der Waals surface area (Å²) in [6.45, 7) is 7.10. The van der Waals surface area contributed by atoms with E-state index in [1.165, 1.54) is 5.56 Å². The van der Waals surface area contributed by atoms with Crippen molar-refractivity contribution < 1.29 is 4.79 Å². The zero-order valence-corrected chi connectivity index (χ0v) is 13.9. The van der Waals surface area contributed by atoms with Crippen LogP contribution in [0.4, 0.5) is 0 Å². The minimum absolute atomic E-state index is 0.0740. The van der Waals surface area contributed by atoms with Crippen LogP contribution in [0.5, 0.6) is 0 Å². The minimum atomic E-state index is 0.0740. The maximum absolute atomic E-state index is 12.2. The molecular weight excluding hydrogens is 290 g/mol. The third-order valence-electron chi connectivity index (χ3n) is 4.43. The summed E-state index contributed by atoms with van der Waals surface area (Å²) in [5.41, 5.74) is 3.10. The van der Waals surface area contributed by atoms with Gasteiger partial charge in [-0.15, -0.1) is 0 Å². The van der Waals surface area contributed by atoms with Gasteiger partial charge >= 0.3 is 0 Å². The number of benzene rings is 1. The molecule has 1 saturated heterocycles. The van der Waals surface area contributed by atoms with Crippen molar-refractivity contribution in [1.82, 2.24) is 25.3 Å². The molecule has 0 atom stereocenters. The first-order valence-electron chi connectivity index (χ1n) is 8.23. The van der Waals surface area contributed by atoms with Crippen molar-refractivity contribution in [3.05, 3.63) is 29.5 Å². The highest BCUT2D eigenvalue weighted by Gasteiger charge is 2.15. The maximum Gasteiger partial charge on any atom is 0.234 e. The zero-order valence-electron chi connectivity index (χ0n) is 13.9. The van der Waals surface area contributed by atoms with Gasteiger partial charge in [0.25, 0.3) is 0 Å². The second-order valence-corrected chi connectivity index (χ2v) is 6.43. The minimum Gasteiger partial charge on any atom is -0.349 e. The fraction of sp³-hybridized carbons (Fsp3) is 0.529. The Morgan fingerprint density at radius 1 is 1.30 bits per heavy atom. The number of carbonyl (C=O) groups is 1. The van der Waals surface area contributed by atoms with Gasteiger partial charge in [0.1, 0.15) is 0 Å². The Hall–Kier alpha value is -1.92. The van der Waals surface area contributed by atoms with Crippen molar-refractivity contribution in [2.75, 3.05) is 39.8 Å². The van der Waals surface area contributed by atoms with Gasteiger partial charge in [-0.3, -0.25) is 14.8 Å². The Balaban J connectivity index is 1.55. The van der Waals surface area contributed by atoms with E-state index >= 15 is 0 Å². The van der Waals surface area contributed by atoms with Gasteiger partial charge in [0, 0.05) is 18.5 Å². The van der Waals surface area contributed by atoms with Gasteiger partial charge in [-0.2, -0.15) is 5.10 Å². The van der Waals surface area contributed by atoms with Crippen molar-refractivity contribution in [3.8, 4) is 0 Å². The van der Waals surface area contributed by atoms with E-state index in [4.69, 9.17) is 0 Å². The molecule has 0 saturated carbocycles. The van der Waals surface area contributed by atoms with E-state index in [1.807, 2.05) is 12.1 Å². The smallest absolute Gasteiger partial charge is 0.234 e. The monoisotopic (exact) mass is 315 g/mol. The van der Waals surface area contributed by atoms with Crippen molar-refractivity contribution in [2.45, 2.75) is 19.9 Å². The van der Waals surface area contributed by atoms with Crippen LogP contribution in [0.3, 0.4) is 0 Å². The standard InChI is InChI=1S/C17H25N5O/c1-13-4-5-15-14(10-13)16(20-19-15)11-18-17(23)12-22-7-3-6-21(2)8-9-22/h4-5,10H,3,6-9,11-12H2,1-2H3,(H,18,23)(H,19,20). The molecule has 1 aromatic carbocycles. The first-order chi connectivity index (χ1) is 11.1. The van der Waals surface area contributed by atoms with E-state index in [2.05, 4.69) is 45.4 Å². The van der Waals surface area contributed by atoms with E-state index in [0.717, 1.165) is 49.2 Å². The molecule has 1 aliphatic rings. The Morgan fingerprint density at radius 2 is 2.17 bits per heavy atom. The number of hydrogen-bond acceptors (Lipinski definition) is 4. The van der Waals surface area contributed by atoms with E-state index in [-0.39, 0.29) is 5.91 Å². The lowest BCUT2D eigenvalue weighted by Gasteiger charge is -2.19. The molecule has 124 valence electrons. The quantitative estimate of drug-likeness (QED) is 0.888. The van der Waals surface area contributed by atoms with Gasteiger partial charge in [0.15, 0.2) is 0 Å². The molecule has 2 heterocycles. The summed E-state index contributed by atoms with van der Waals surface area (Å²) >= 11 is 0. The van der Waals surface area contributed by atoms with Gasteiger partial charge in [-0.1, -0.05) is 11.6 Å². The van der Waals surface area contributed by atoms with Gasteiger partial charge in [-0.25, -0.2) is 0 Å². The first-order valence-corrected chi connectivity index (χ1v) is 8.23. The van der Waals surface area contributed by atoms with Crippen LogP contribution in [0, 0.1) is 6.92 Å². The van der Waals surface area contributed by atoms with E-state index < -0.39 is 0 Å². The zero-order chi connectivity index (χ0) is 16.2. The van der Waals surface area contributed by atoms with Crippen molar-refractivity contribution in [1.29, 1.82) is 0 Å². The molecule has 3 rings (SSSR count). The molecule has 0 spiro atoms. The van der Waals surface area contributed by atoms with E-state index in [9.17, 15) is 4.79 Å². The Bertz CT molecular complexity index is 681. The van der Waals surface area contributed by atoms with Crippen LogP contribution >= 0.6 is 0 Å². The van der Waals surface area contributed by atoms with Crippen molar-refractivity contribution >= 4 is 16.8 Å². The SMILES string of the molecule is Cc1ccc2n[nH]c(CNC(=O)CN3CCCN(C)CC3)c2c1. The lowest BCUT2D eigenvalue weighted by Crippen LogP contribution is -2.38. The molecule has 2 aromatic rings. The molecule has 2 N–H and O–H groups in total. The number of likely N-dealkylation sites (N-methyl/N-ethyl adjacent to an activating group) is 1. The second-order valence-electron chi connectivity index (χ2n) is 6.43. The highest BCUT2D eigenvalue weighted by Crippen LogP contribution is 2.17. The predicted molar refractivity (Wildman–Crippen MR) is 91.2 cm³/mol. The third-order valence-corrected chi connectivity index (χ3v) is 4.43. The summed E-state index contributed by atoms with van der Waals surface area (Å²) in [5, 5.41) is 11.4. The second kappa shape index (κ2) is 7.10. The highest BCUT2D eigenvalue weighted by molar-refractivity contribution is 5.83. The van der Waals surface area contributed by atoms with Crippen LogP contribution in [0.15, 0.2) is 18.2 Å². The van der Waals surface area contributed by atoms with Crippen molar-refractivity contribution in [3.63, 3.8) is 0 Å². The van der Waals surface area contributed by atoms with Crippen molar-refractivity contribution in [2.24, 2.45) is 0 Å². The van der Waals surface area contributed by atoms with Crippen LogP contribution in [0.1, 0.15) is 17.7 Å². The van der Waals surface area contributed by atoms with Crippen LogP contribution in [-0.4, -0.2) is 65.7 Å². The number of aromatic amines is 1. The molecule has 0 aliphatic carbocycles. The normalized spacial score (nSPS) is 17.3. The molecule has 0 bridgehead atoms. The number of carbonyl (C=O) groups excluding carboxylic acids is 1. The summed E-state index contributed by atoms with van der Waals surface area (Å²) in [6, 6.07) is 6.15. The molecule has 0 radical (unpaired) electrons. The van der Waals surface area contributed by atoms with Crippen LogP contribution in [0.25, 0.3) is 10.9 Å². The summed E-state index contributed by atoms with van der Waals surface area (Å²) < 4.78 is 0. The number of rotatable bonds is 4. The van der Waals surface area contributed by atoms with Gasteiger partial charge in [0.05, 0.1) is 24.3 Å². The first kappa shape index (κ1) is 16.0. The number of aromatic nitrogens is 2. The number of nitrogens with zero attached hydrogens (tertiary/aromatic N) is 3. The molecular formula is C17H25N5O. The molecule has 6 nitrogen and oxygen atoms in total. The molecule has 23 heavy (non-hydrogen) atoms. The number of amides is 1. The fourth-order valence-corrected chi connectivity index (χ4v) is 3.02. The molecule has 1 fully saturated rings. The number of nitrogens with one attached hydrogen (secondary N) is 2. The molecule has 6 heteroatoms. The molecule has 0 unspecified atom stereocenters. The molecule has 1 aliphatic heterocycles. The summed E-state index contributed by atoms with van der Waals surface area (Å²) in [5.74, 6) is 0.0740. The molecule has 1 amide bonds. The number of hydrogen-bond donors (Lipinski definition) is 2. The van der Waals surface area contributed by atoms with Crippen LogP contribution in [-0.2, 0) is 11.3 Å².